The first-order chi connectivity index (χ1) is 8.29. The first-order valence-corrected chi connectivity index (χ1v) is 9.18. The van der Waals surface area contributed by atoms with E-state index in [0.29, 0.717) is 0 Å². The fourth-order valence-corrected chi connectivity index (χ4v) is 3.85. The average molecular weight is 262 g/mol. The van der Waals surface area contributed by atoms with Gasteiger partial charge in [0, 0.05) is 0 Å². The Morgan fingerprint density at radius 2 is 1.61 bits per heavy atom. The molecule has 0 radical (unpaired) electrons. The lowest BCUT2D eigenvalue weighted by molar-refractivity contribution is 0.509. The van der Waals surface area contributed by atoms with Crippen LogP contribution < -0.4 is 3.79 Å². The van der Waals surface area contributed by atoms with Crippen molar-refractivity contribution in [2.75, 3.05) is 0 Å². The molecule has 100 valence electrons. The first-order valence-electron chi connectivity index (χ1n) is 7.08. The summed E-state index contributed by atoms with van der Waals surface area (Å²) in [4.78, 5) is 0. The number of rotatable bonds is 4. The third kappa shape index (κ3) is 3.77. The van der Waals surface area contributed by atoms with E-state index >= 15 is 0 Å². The fourth-order valence-electron chi connectivity index (χ4n) is 2.29. The Morgan fingerprint density at radius 1 is 1.06 bits per heavy atom. The molecular weight excluding hydrogens is 235 g/mol. The van der Waals surface area contributed by atoms with Crippen LogP contribution >= 0.6 is 0 Å². The summed E-state index contributed by atoms with van der Waals surface area (Å²) in [7, 11) is 0. The molecule has 2 heteroatoms. The molecule has 0 atom stereocenters. The fraction of sp³-hybridized carbons (Fsp3) is 0.625. The highest BCUT2D eigenvalue weighted by molar-refractivity contribution is 6.52. The molecule has 0 aliphatic rings. The van der Waals surface area contributed by atoms with E-state index in [1.807, 2.05) is 0 Å². The minimum Gasteiger partial charge on any atom is -0.642 e. The van der Waals surface area contributed by atoms with Crippen molar-refractivity contribution in [1.82, 2.24) is 0 Å². The second kappa shape index (κ2) is 6.13. The van der Waals surface area contributed by atoms with Gasteiger partial charge < -0.3 is 3.79 Å². The lowest BCUT2D eigenvalue weighted by atomic mass is 9.84. The smallest absolute Gasteiger partial charge is 0.546 e. The molecule has 0 saturated heterocycles. The molecule has 0 heterocycles. The molecule has 0 aromatic heterocycles. The minimum absolute atomic E-state index is 0.145. The van der Waals surface area contributed by atoms with Crippen LogP contribution in [0.2, 0.25) is 10.6 Å². The minimum atomic E-state index is -1.06. The molecular formula is C16H27AlO. The number of hydrogen-bond donors (Lipinski definition) is 0. The van der Waals surface area contributed by atoms with E-state index < -0.39 is 14.5 Å². The summed E-state index contributed by atoms with van der Waals surface area (Å²) in [6.07, 6.45) is 0. The van der Waals surface area contributed by atoms with Gasteiger partial charge in [-0.25, -0.2) is 0 Å². The summed E-state index contributed by atoms with van der Waals surface area (Å²) in [5.74, 6) is 1.16. The highest BCUT2D eigenvalue weighted by Crippen LogP contribution is 2.35. The molecule has 0 bridgehead atoms. The van der Waals surface area contributed by atoms with Gasteiger partial charge in [0.25, 0.3) is 0 Å². The summed E-state index contributed by atoms with van der Waals surface area (Å²) in [6.45, 7) is 15.6. The summed E-state index contributed by atoms with van der Waals surface area (Å²) in [5.41, 5.74) is 4.13. The highest BCUT2D eigenvalue weighted by atomic mass is 27.2. The van der Waals surface area contributed by atoms with E-state index in [4.69, 9.17) is 3.79 Å². The maximum Gasteiger partial charge on any atom is 0.546 e. The molecule has 0 spiro atoms. The van der Waals surface area contributed by atoms with Crippen LogP contribution in [0.1, 0.15) is 51.3 Å². The van der Waals surface area contributed by atoms with Gasteiger partial charge in [0.05, 0.1) is 5.75 Å². The lowest BCUT2D eigenvalue weighted by Gasteiger charge is -2.27. The van der Waals surface area contributed by atoms with Gasteiger partial charge in [0.2, 0.25) is 0 Å². The van der Waals surface area contributed by atoms with Crippen molar-refractivity contribution in [3.8, 4) is 5.75 Å². The predicted molar refractivity (Wildman–Crippen MR) is 82.0 cm³/mol. The van der Waals surface area contributed by atoms with E-state index in [0.717, 1.165) is 5.75 Å². The topological polar surface area (TPSA) is 9.23 Å². The zero-order chi connectivity index (χ0) is 13.9. The molecule has 0 unspecified atom stereocenters. The van der Waals surface area contributed by atoms with Crippen molar-refractivity contribution >= 4 is 14.5 Å². The summed E-state index contributed by atoms with van der Waals surface area (Å²) in [6, 6.07) is 4.53. The molecule has 0 fully saturated rings. The van der Waals surface area contributed by atoms with Gasteiger partial charge in [-0.3, -0.25) is 0 Å². The van der Waals surface area contributed by atoms with Gasteiger partial charge >= 0.3 is 14.5 Å². The van der Waals surface area contributed by atoms with Crippen LogP contribution in [0.4, 0.5) is 0 Å². The van der Waals surface area contributed by atoms with E-state index in [2.05, 4.69) is 60.6 Å². The van der Waals surface area contributed by atoms with Crippen LogP contribution in [0.15, 0.2) is 12.1 Å². The van der Waals surface area contributed by atoms with Gasteiger partial charge in [0.1, 0.15) is 0 Å². The Labute approximate surface area is 117 Å². The van der Waals surface area contributed by atoms with Gasteiger partial charge in [-0.05, 0) is 30.4 Å². The molecule has 0 aliphatic heterocycles. The molecule has 1 rings (SSSR count). The Morgan fingerprint density at radius 3 is 2.06 bits per heavy atom. The van der Waals surface area contributed by atoms with Gasteiger partial charge in [-0.2, -0.15) is 0 Å². The highest BCUT2D eigenvalue weighted by Gasteiger charge is 2.25. The number of hydrogen-bond acceptors (Lipinski definition) is 1. The standard InChI is InChI=1S/C12H18O.2C2H5.Al/c1-8-6-9(2)11(13)10(7-8)12(3,4)5;2*1-2;/h6-7,13H,1-5H3;2*1H2,2H3;/q;;;+1/p-1. The third-order valence-electron chi connectivity index (χ3n) is 3.42. The lowest BCUT2D eigenvalue weighted by Crippen LogP contribution is -2.23. The summed E-state index contributed by atoms with van der Waals surface area (Å²) >= 11 is -1.06. The monoisotopic (exact) mass is 262 g/mol. The van der Waals surface area contributed by atoms with Crippen LogP contribution in [0.3, 0.4) is 0 Å². The molecule has 18 heavy (non-hydrogen) atoms. The van der Waals surface area contributed by atoms with Crippen LogP contribution in [0.5, 0.6) is 5.75 Å². The largest absolute Gasteiger partial charge is 0.642 e. The van der Waals surface area contributed by atoms with Crippen molar-refractivity contribution in [1.29, 1.82) is 0 Å². The van der Waals surface area contributed by atoms with Crippen molar-refractivity contribution < 1.29 is 3.79 Å². The van der Waals surface area contributed by atoms with Crippen molar-refractivity contribution in [2.45, 2.75) is 64.4 Å². The van der Waals surface area contributed by atoms with Crippen LogP contribution in [0, 0.1) is 13.8 Å². The Kier molecular flexibility index (Phi) is 5.32. The van der Waals surface area contributed by atoms with Gasteiger partial charge in [-0.1, -0.05) is 62.9 Å². The van der Waals surface area contributed by atoms with Crippen LogP contribution in [0.25, 0.3) is 0 Å². The van der Waals surface area contributed by atoms with Crippen LogP contribution in [-0.2, 0) is 5.41 Å². The zero-order valence-electron chi connectivity index (χ0n) is 13.1. The Hall–Kier alpha value is -0.448. The zero-order valence-corrected chi connectivity index (χ0v) is 14.2. The van der Waals surface area contributed by atoms with Crippen molar-refractivity contribution in [3.05, 3.63) is 28.8 Å². The normalized spacial score (nSPS) is 11.5. The second-order valence-electron chi connectivity index (χ2n) is 6.26. The SMILES string of the molecule is C[CH2][Al]([CH2]C)[O]c1c(C)cc(C)cc1C(C)(C)C. The van der Waals surface area contributed by atoms with E-state index in [1.54, 1.807) is 0 Å². The van der Waals surface area contributed by atoms with E-state index in [1.165, 1.54) is 27.3 Å². The summed E-state index contributed by atoms with van der Waals surface area (Å²) < 4.78 is 6.40. The molecule has 1 nitrogen and oxygen atoms in total. The predicted octanol–water partition coefficient (Wildman–Crippen LogP) is 5.01. The van der Waals surface area contributed by atoms with E-state index in [-0.39, 0.29) is 5.41 Å². The van der Waals surface area contributed by atoms with E-state index in [9.17, 15) is 0 Å². The molecule has 0 aliphatic carbocycles. The van der Waals surface area contributed by atoms with Crippen molar-refractivity contribution in [2.24, 2.45) is 0 Å². The second-order valence-corrected chi connectivity index (χ2v) is 9.38. The van der Waals surface area contributed by atoms with Gasteiger partial charge in [-0.15, -0.1) is 0 Å². The third-order valence-corrected chi connectivity index (χ3v) is 5.81. The first kappa shape index (κ1) is 15.6. The molecule has 0 saturated carbocycles. The average Bonchev–Trinajstić information content (AvgIpc) is 2.26. The van der Waals surface area contributed by atoms with Gasteiger partial charge in [0.15, 0.2) is 0 Å². The van der Waals surface area contributed by atoms with Crippen LogP contribution in [-0.4, -0.2) is 14.5 Å². The Balaban J connectivity index is 3.24. The quantitative estimate of drug-likeness (QED) is 0.693. The molecule has 1 aromatic rings. The van der Waals surface area contributed by atoms with Crippen molar-refractivity contribution in [3.63, 3.8) is 0 Å². The Bertz CT molecular complexity index is 400. The molecule has 1 aromatic carbocycles. The number of aryl methyl sites for hydroxylation is 2. The maximum absolute atomic E-state index is 6.40. The number of benzene rings is 1. The molecule has 0 amide bonds. The molecule has 0 N–H and O–H groups in total. The maximum atomic E-state index is 6.40. The summed E-state index contributed by atoms with van der Waals surface area (Å²) in [5, 5.41) is 2.40.